The molecule has 0 fully saturated rings. The fraction of sp³-hybridized carbons (Fsp3) is 0.545. The number of nitrogens with one attached hydrogen (secondary N) is 1. The van der Waals surface area contributed by atoms with E-state index >= 15 is 0 Å². The van der Waals surface area contributed by atoms with Gasteiger partial charge in [-0.3, -0.25) is 4.79 Å². The van der Waals surface area contributed by atoms with Crippen molar-refractivity contribution in [2.24, 2.45) is 0 Å². The van der Waals surface area contributed by atoms with Crippen molar-refractivity contribution in [3.63, 3.8) is 0 Å². The molecule has 1 aromatic rings. The third-order valence-electron chi connectivity index (χ3n) is 2.59. The van der Waals surface area contributed by atoms with Crippen molar-refractivity contribution in [3.05, 3.63) is 17.9 Å². The minimum Gasteiger partial charge on any atom is -0.438 e. The molecule has 0 spiro atoms. The summed E-state index contributed by atoms with van der Waals surface area (Å²) in [5.74, 6) is -0.659. The summed E-state index contributed by atoms with van der Waals surface area (Å²) in [4.78, 5) is 11.8. The van der Waals surface area contributed by atoms with Gasteiger partial charge in [-0.2, -0.15) is 0 Å². The Balaban J connectivity index is 2.89. The normalized spacial score (nSPS) is 13.5. The number of aliphatic hydroxyl groups is 1. The van der Waals surface area contributed by atoms with Gasteiger partial charge in [0, 0.05) is 14.1 Å². The first-order valence-corrected chi connectivity index (χ1v) is 7.21. The third kappa shape index (κ3) is 3.55. The lowest BCUT2D eigenvalue weighted by molar-refractivity contribution is 0.0881. The van der Waals surface area contributed by atoms with E-state index in [-0.39, 0.29) is 23.5 Å². The molecular weight excluding hydrogens is 272 g/mol. The van der Waals surface area contributed by atoms with Gasteiger partial charge in [0.1, 0.15) is 0 Å². The van der Waals surface area contributed by atoms with Gasteiger partial charge in [0.2, 0.25) is 5.09 Å². The fourth-order valence-electron chi connectivity index (χ4n) is 1.29. The van der Waals surface area contributed by atoms with Crippen LogP contribution in [0.1, 0.15) is 23.9 Å². The molecule has 0 aliphatic heterocycles. The van der Waals surface area contributed by atoms with Crippen LogP contribution < -0.4 is 5.32 Å². The number of sulfonamides is 1. The molecule has 0 bridgehead atoms. The van der Waals surface area contributed by atoms with Crippen molar-refractivity contribution in [1.82, 2.24) is 9.62 Å². The molecule has 0 aliphatic rings. The molecule has 1 aromatic heterocycles. The van der Waals surface area contributed by atoms with Crippen LogP contribution in [0, 0.1) is 0 Å². The molecule has 0 unspecified atom stereocenters. The lowest BCUT2D eigenvalue weighted by atomic mass is 10.2. The lowest BCUT2D eigenvalue weighted by Crippen LogP contribution is -2.36. The minimum atomic E-state index is -3.69. The fourth-order valence-corrected chi connectivity index (χ4v) is 2.09. The summed E-state index contributed by atoms with van der Waals surface area (Å²) in [5, 5.41) is 11.2. The van der Waals surface area contributed by atoms with E-state index in [9.17, 15) is 13.2 Å². The minimum absolute atomic E-state index is 0.104. The molecule has 108 valence electrons. The van der Waals surface area contributed by atoms with Crippen LogP contribution in [0.25, 0.3) is 0 Å². The summed E-state index contributed by atoms with van der Waals surface area (Å²) in [7, 11) is -0.949. The van der Waals surface area contributed by atoms with Crippen molar-refractivity contribution in [2.45, 2.75) is 24.5 Å². The molecule has 7 nitrogen and oxygen atoms in total. The second-order valence-electron chi connectivity index (χ2n) is 4.17. The molecule has 1 heterocycles. The van der Waals surface area contributed by atoms with E-state index in [4.69, 9.17) is 9.52 Å². The number of hydrogen-bond donors (Lipinski definition) is 2. The van der Waals surface area contributed by atoms with Crippen molar-refractivity contribution >= 4 is 15.9 Å². The molecule has 0 saturated carbocycles. The second kappa shape index (κ2) is 6.18. The molecule has 0 radical (unpaired) electrons. The first kappa shape index (κ1) is 15.7. The maximum Gasteiger partial charge on any atom is 0.287 e. The molecular formula is C11H18N2O5S. The monoisotopic (exact) mass is 290 g/mol. The van der Waals surface area contributed by atoms with Gasteiger partial charge in [-0.05, 0) is 18.6 Å². The van der Waals surface area contributed by atoms with Gasteiger partial charge >= 0.3 is 0 Å². The SMILES string of the molecule is CC[C@H](CO)NC(=O)c1ccc(S(=O)(=O)N(C)C)o1. The molecule has 8 heteroatoms. The zero-order chi connectivity index (χ0) is 14.6. The average molecular weight is 290 g/mol. The van der Waals surface area contributed by atoms with Crippen LogP contribution in [-0.4, -0.2) is 50.5 Å². The van der Waals surface area contributed by atoms with Crippen LogP contribution in [0.5, 0.6) is 0 Å². The highest BCUT2D eigenvalue weighted by Gasteiger charge is 2.23. The smallest absolute Gasteiger partial charge is 0.287 e. The molecule has 0 aliphatic carbocycles. The van der Waals surface area contributed by atoms with Crippen molar-refractivity contribution in [3.8, 4) is 0 Å². The first-order valence-electron chi connectivity index (χ1n) is 5.77. The van der Waals surface area contributed by atoms with Crippen molar-refractivity contribution < 1.29 is 22.7 Å². The molecule has 1 rings (SSSR count). The predicted molar refractivity (Wildman–Crippen MR) is 68.2 cm³/mol. The summed E-state index contributed by atoms with van der Waals surface area (Å²) >= 11 is 0. The van der Waals surface area contributed by atoms with E-state index in [0.29, 0.717) is 6.42 Å². The number of aliphatic hydroxyl groups excluding tert-OH is 1. The van der Waals surface area contributed by atoms with Crippen LogP contribution in [0.2, 0.25) is 0 Å². The Hall–Kier alpha value is -1.38. The second-order valence-corrected chi connectivity index (χ2v) is 6.25. The van der Waals surface area contributed by atoms with Crippen LogP contribution in [-0.2, 0) is 10.0 Å². The number of carbonyl (C=O) groups excluding carboxylic acids is 1. The van der Waals surface area contributed by atoms with E-state index < -0.39 is 15.9 Å². The maximum absolute atomic E-state index is 11.8. The number of amides is 1. The van der Waals surface area contributed by atoms with Gasteiger partial charge in [0.15, 0.2) is 5.76 Å². The number of hydrogen-bond acceptors (Lipinski definition) is 5. The van der Waals surface area contributed by atoms with Crippen LogP contribution in [0.3, 0.4) is 0 Å². The van der Waals surface area contributed by atoms with E-state index in [1.165, 1.54) is 26.2 Å². The number of nitrogens with zero attached hydrogens (tertiary/aromatic N) is 1. The quantitative estimate of drug-likeness (QED) is 0.770. The van der Waals surface area contributed by atoms with Gasteiger partial charge in [-0.1, -0.05) is 6.92 Å². The number of rotatable bonds is 6. The number of carbonyl (C=O) groups is 1. The molecule has 0 aromatic carbocycles. The Morgan fingerprint density at radius 2 is 2.11 bits per heavy atom. The van der Waals surface area contributed by atoms with E-state index in [0.717, 1.165) is 4.31 Å². The Morgan fingerprint density at radius 1 is 1.47 bits per heavy atom. The molecule has 0 saturated heterocycles. The summed E-state index contributed by atoms with van der Waals surface area (Å²) in [6, 6.07) is 2.13. The number of furan rings is 1. The zero-order valence-electron chi connectivity index (χ0n) is 11.1. The van der Waals surface area contributed by atoms with Gasteiger partial charge < -0.3 is 14.8 Å². The Morgan fingerprint density at radius 3 is 2.58 bits per heavy atom. The third-order valence-corrected chi connectivity index (χ3v) is 4.28. The van der Waals surface area contributed by atoms with E-state index in [1.807, 2.05) is 6.92 Å². The first-order chi connectivity index (χ1) is 8.82. The summed E-state index contributed by atoms with van der Waals surface area (Å²) in [5.41, 5.74) is 0. The molecule has 1 amide bonds. The zero-order valence-corrected chi connectivity index (χ0v) is 11.9. The lowest BCUT2D eigenvalue weighted by Gasteiger charge is -2.12. The Labute approximate surface area is 112 Å². The maximum atomic E-state index is 11.8. The highest BCUT2D eigenvalue weighted by molar-refractivity contribution is 7.88. The molecule has 2 N–H and O–H groups in total. The van der Waals surface area contributed by atoms with E-state index in [1.54, 1.807) is 0 Å². The van der Waals surface area contributed by atoms with E-state index in [2.05, 4.69) is 5.32 Å². The van der Waals surface area contributed by atoms with Gasteiger partial charge in [-0.15, -0.1) is 0 Å². The Kier molecular flexibility index (Phi) is 5.10. The highest BCUT2D eigenvalue weighted by Crippen LogP contribution is 2.16. The van der Waals surface area contributed by atoms with Crippen LogP contribution in [0.15, 0.2) is 21.6 Å². The molecule has 1 atom stereocenters. The van der Waals surface area contributed by atoms with Crippen molar-refractivity contribution in [1.29, 1.82) is 0 Å². The molecule has 19 heavy (non-hydrogen) atoms. The summed E-state index contributed by atoms with van der Waals surface area (Å²) in [6.07, 6.45) is 0.561. The van der Waals surface area contributed by atoms with Gasteiger partial charge in [0.25, 0.3) is 15.9 Å². The highest BCUT2D eigenvalue weighted by atomic mass is 32.2. The van der Waals surface area contributed by atoms with Crippen LogP contribution in [0.4, 0.5) is 0 Å². The Bertz CT molecular complexity index is 531. The standard InChI is InChI=1S/C11H18N2O5S/c1-4-8(7-14)12-11(15)9-5-6-10(18-9)19(16,17)13(2)3/h5-6,8,14H,4,7H2,1-3H3,(H,12,15)/t8-/m1/s1. The predicted octanol–water partition coefficient (Wildman–Crippen LogP) is 0.0306. The largest absolute Gasteiger partial charge is 0.438 e. The average Bonchev–Trinajstić information content (AvgIpc) is 2.85. The summed E-state index contributed by atoms with van der Waals surface area (Å²) < 4.78 is 29.6. The van der Waals surface area contributed by atoms with Crippen molar-refractivity contribution in [2.75, 3.05) is 20.7 Å². The van der Waals surface area contributed by atoms with Crippen LogP contribution >= 0.6 is 0 Å². The van der Waals surface area contributed by atoms with Gasteiger partial charge in [0.05, 0.1) is 12.6 Å². The summed E-state index contributed by atoms with van der Waals surface area (Å²) in [6.45, 7) is 1.62. The van der Waals surface area contributed by atoms with Gasteiger partial charge in [-0.25, -0.2) is 12.7 Å². The topological polar surface area (TPSA) is 99.8 Å².